The van der Waals surface area contributed by atoms with Crippen LogP contribution in [-0.2, 0) is 0 Å². The molecule has 2 unspecified atom stereocenters. The molecule has 5 aromatic rings. The number of hydrogen-bond acceptors (Lipinski definition) is 2. The zero-order chi connectivity index (χ0) is 31.0. The summed E-state index contributed by atoms with van der Waals surface area (Å²) in [5.41, 5.74) is 10.3. The molecule has 0 N–H and O–H groups in total. The monoisotopic (exact) mass is 582 g/mol. The zero-order valence-corrected chi connectivity index (χ0v) is 25.7. The van der Waals surface area contributed by atoms with Crippen molar-refractivity contribution in [2.75, 3.05) is 9.80 Å². The predicted molar refractivity (Wildman–Crippen MR) is 193 cm³/mol. The highest BCUT2D eigenvalue weighted by Gasteiger charge is 2.23. The van der Waals surface area contributed by atoms with Gasteiger partial charge in [-0.1, -0.05) is 129 Å². The van der Waals surface area contributed by atoms with Crippen molar-refractivity contribution in [1.82, 2.24) is 0 Å². The number of nitrogens with zero attached hydrogens (tertiary/aromatic N) is 2. The SMILES string of the molecule is C=C/C=C(\C=C)N(c1ccccc1)c1ccc(-c2ccc(C3C=CC(N(c4ccccc4)c4ccccc4)=CC3C)cc2)cc1. The first kappa shape index (κ1) is 29.5. The van der Waals surface area contributed by atoms with E-state index in [1.807, 2.05) is 18.2 Å². The summed E-state index contributed by atoms with van der Waals surface area (Å²) < 4.78 is 0. The van der Waals surface area contributed by atoms with E-state index in [1.54, 1.807) is 6.08 Å². The first-order valence-electron chi connectivity index (χ1n) is 15.5. The quantitative estimate of drug-likeness (QED) is 0.151. The largest absolute Gasteiger partial charge is 0.311 e. The summed E-state index contributed by atoms with van der Waals surface area (Å²) in [6.07, 6.45) is 12.7. The van der Waals surface area contributed by atoms with Crippen LogP contribution < -0.4 is 9.80 Å². The van der Waals surface area contributed by atoms with Gasteiger partial charge in [0.2, 0.25) is 0 Å². The summed E-state index contributed by atoms with van der Waals surface area (Å²) >= 11 is 0. The van der Waals surface area contributed by atoms with E-state index in [0.717, 1.165) is 28.4 Å². The predicted octanol–water partition coefficient (Wildman–Crippen LogP) is 11.8. The Morgan fingerprint density at radius 2 is 1.09 bits per heavy atom. The van der Waals surface area contributed by atoms with Crippen LogP contribution >= 0.6 is 0 Å². The molecule has 0 fully saturated rings. The second kappa shape index (κ2) is 13.8. The van der Waals surface area contributed by atoms with Crippen LogP contribution in [0.25, 0.3) is 11.1 Å². The lowest BCUT2D eigenvalue weighted by molar-refractivity contribution is 0.628. The molecule has 0 saturated heterocycles. The minimum atomic E-state index is 0.312. The molecular weight excluding hydrogens is 544 g/mol. The standard InChI is InChI=1S/C43H38N2/c1-4-15-37(5-2)44(38-16-9-6-10-17-38)41-28-26-35(27-29-41)34-22-24-36(25-23-34)43-31-30-42(32-33(43)3)45(39-18-11-7-12-19-39)40-20-13-8-14-21-40/h4-33,43H,1-2H2,3H3/b37-15+. The lowest BCUT2D eigenvalue weighted by Crippen LogP contribution is -2.20. The first-order chi connectivity index (χ1) is 22.2. The molecular formula is C43H38N2. The fourth-order valence-corrected chi connectivity index (χ4v) is 6.05. The molecule has 1 aliphatic carbocycles. The van der Waals surface area contributed by atoms with Gasteiger partial charge in [-0.05, 0) is 89.4 Å². The van der Waals surface area contributed by atoms with Crippen LogP contribution in [0.15, 0.2) is 201 Å². The van der Waals surface area contributed by atoms with Crippen LogP contribution in [0.4, 0.5) is 22.7 Å². The molecule has 5 aromatic carbocycles. The number of hydrogen-bond donors (Lipinski definition) is 0. The summed E-state index contributed by atoms with van der Waals surface area (Å²) in [5.74, 6) is 0.656. The van der Waals surface area contributed by atoms with Crippen LogP contribution in [0.5, 0.6) is 0 Å². The second-order valence-electron chi connectivity index (χ2n) is 11.2. The molecule has 0 saturated carbocycles. The van der Waals surface area contributed by atoms with Gasteiger partial charge in [0.1, 0.15) is 0 Å². The number of benzene rings is 5. The van der Waals surface area contributed by atoms with Crippen molar-refractivity contribution in [2.45, 2.75) is 12.8 Å². The van der Waals surface area contributed by atoms with E-state index in [0.29, 0.717) is 11.8 Å². The van der Waals surface area contributed by atoms with Crippen molar-refractivity contribution in [3.8, 4) is 11.1 Å². The van der Waals surface area contributed by atoms with Crippen LogP contribution in [0, 0.1) is 5.92 Å². The van der Waals surface area contributed by atoms with E-state index in [4.69, 9.17) is 0 Å². The third kappa shape index (κ3) is 6.51. The maximum Gasteiger partial charge on any atom is 0.0462 e. The van der Waals surface area contributed by atoms with Crippen molar-refractivity contribution in [3.63, 3.8) is 0 Å². The number of anilines is 4. The summed E-state index contributed by atoms with van der Waals surface area (Å²) in [7, 11) is 0. The molecule has 220 valence electrons. The third-order valence-electron chi connectivity index (χ3n) is 8.29. The van der Waals surface area contributed by atoms with Gasteiger partial charge in [0, 0.05) is 40.1 Å². The van der Waals surface area contributed by atoms with Crippen molar-refractivity contribution in [2.24, 2.45) is 5.92 Å². The van der Waals surface area contributed by atoms with Gasteiger partial charge in [0.25, 0.3) is 0 Å². The van der Waals surface area contributed by atoms with E-state index in [2.05, 4.69) is 182 Å². The molecule has 0 bridgehead atoms. The molecule has 2 atom stereocenters. The van der Waals surface area contributed by atoms with Gasteiger partial charge >= 0.3 is 0 Å². The lowest BCUT2D eigenvalue weighted by atomic mass is 9.82. The number of para-hydroxylation sites is 3. The van der Waals surface area contributed by atoms with Gasteiger partial charge in [0.15, 0.2) is 0 Å². The molecule has 6 rings (SSSR count). The Morgan fingerprint density at radius 1 is 0.600 bits per heavy atom. The van der Waals surface area contributed by atoms with E-state index >= 15 is 0 Å². The fourth-order valence-electron chi connectivity index (χ4n) is 6.05. The van der Waals surface area contributed by atoms with Gasteiger partial charge in [-0.15, -0.1) is 0 Å². The van der Waals surface area contributed by atoms with Crippen molar-refractivity contribution >= 4 is 22.7 Å². The minimum Gasteiger partial charge on any atom is -0.311 e. The Labute approximate surface area is 267 Å². The average molecular weight is 583 g/mol. The van der Waals surface area contributed by atoms with Crippen molar-refractivity contribution < 1.29 is 0 Å². The minimum absolute atomic E-state index is 0.312. The normalized spacial score (nSPS) is 16.0. The number of allylic oxidation sites excluding steroid dienone is 6. The summed E-state index contributed by atoms with van der Waals surface area (Å²) in [5, 5.41) is 0. The van der Waals surface area contributed by atoms with E-state index in [1.165, 1.54) is 22.4 Å². The topological polar surface area (TPSA) is 6.48 Å². The Morgan fingerprint density at radius 3 is 1.58 bits per heavy atom. The highest BCUT2D eigenvalue weighted by molar-refractivity contribution is 5.74. The van der Waals surface area contributed by atoms with Gasteiger partial charge in [0.05, 0.1) is 0 Å². The number of rotatable bonds is 10. The maximum absolute atomic E-state index is 4.04. The van der Waals surface area contributed by atoms with Crippen molar-refractivity contribution in [3.05, 3.63) is 206 Å². The molecule has 0 aliphatic heterocycles. The summed E-state index contributed by atoms with van der Waals surface area (Å²) in [4.78, 5) is 4.52. The van der Waals surface area contributed by atoms with Crippen LogP contribution in [0.3, 0.4) is 0 Å². The van der Waals surface area contributed by atoms with Crippen LogP contribution in [-0.4, -0.2) is 0 Å². The van der Waals surface area contributed by atoms with E-state index in [9.17, 15) is 0 Å². The Balaban J connectivity index is 1.22. The zero-order valence-electron chi connectivity index (χ0n) is 25.7. The molecule has 1 aliphatic rings. The van der Waals surface area contributed by atoms with Gasteiger partial charge < -0.3 is 9.80 Å². The Hall–Kier alpha value is -5.60. The molecule has 0 amide bonds. The second-order valence-corrected chi connectivity index (χ2v) is 11.2. The maximum atomic E-state index is 4.04. The molecule has 0 radical (unpaired) electrons. The molecule has 2 heteroatoms. The van der Waals surface area contributed by atoms with Gasteiger partial charge in [-0.25, -0.2) is 0 Å². The summed E-state index contributed by atoms with van der Waals surface area (Å²) in [6, 6.07) is 49.3. The molecule has 45 heavy (non-hydrogen) atoms. The first-order valence-corrected chi connectivity index (χ1v) is 15.5. The van der Waals surface area contributed by atoms with Crippen molar-refractivity contribution in [1.29, 1.82) is 0 Å². The molecule has 0 spiro atoms. The molecule has 0 aromatic heterocycles. The van der Waals surface area contributed by atoms with E-state index < -0.39 is 0 Å². The highest BCUT2D eigenvalue weighted by Crippen LogP contribution is 2.38. The molecule has 0 heterocycles. The fraction of sp³-hybridized carbons (Fsp3) is 0.0698. The smallest absolute Gasteiger partial charge is 0.0462 e. The lowest BCUT2D eigenvalue weighted by Gasteiger charge is -2.31. The van der Waals surface area contributed by atoms with Gasteiger partial charge in [-0.2, -0.15) is 0 Å². The Kier molecular flexibility index (Phi) is 9.03. The average Bonchev–Trinajstić information content (AvgIpc) is 3.10. The van der Waals surface area contributed by atoms with Gasteiger partial charge in [-0.3, -0.25) is 0 Å². The highest BCUT2D eigenvalue weighted by atomic mass is 15.2. The molecule has 2 nitrogen and oxygen atoms in total. The summed E-state index contributed by atoms with van der Waals surface area (Å²) in [6.45, 7) is 10.2. The van der Waals surface area contributed by atoms with E-state index in [-0.39, 0.29) is 0 Å². The third-order valence-corrected chi connectivity index (χ3v) is 8.29. The van der Waals surface area contributed by atoms with Crippen LogP contribution in [0.1, 0.15) is 18.4 Å². The Bertz CT molecular complexity index is 1770. The van der Waals surface area contributed by atoms with Crippen LogP contribution in [0.2, 0.25) is 0 Å².